The van der Waals surface area contributed by atoms with Crippen molar-refractivity contribution in [3.63, 3.8) is 0 Å². The van der Waals surface area contributed by atoms with Crippen LogP contribution in [0.2, 0.25) is 0 Å². The Morgan fingerprint density at radius 2 is 2.20 bits per heavy atom. The summed E-state index contributed by atoms with van der Waals surface area (Å²) >= 11 is 1.52. The summed E-state index contributed by atoms with van der Waals surface area (Å²) in [6, 6.07) is 8.12. The molecule has 0 radical (unpaired) electrons. The summed E-state index contributed by atoms with van der Waals surface area (Å²) in [4.78, 5) is 17.5. The zero-order valence-corrected chi connectivity index (χ0v) is 15.6. The third-order valence-electron chi connectivity index (χ3n) is 4.07. The molecule has 3 aromatic rings. The average molecular weight is 354 g/mol. The molecule has 1 amide bonds. The molecule has 1 aromatic carbocycles. The van der Waals surface area contributed by atoms with E-state index in [4.69, 9.17) is 0 Å². The number of amides is 1. The van der Waals surface area contributed by atoms with E-state index >= 15 is 0 Å². The van der Waals surface area contributed by atoms with Gasteiger partial charge < -0.3 is 4.57 Å². The third kappa shape index (κ3) is 3.49. The monoisotopic (exact) mass is 354 g/mol. The van der Waals surface area contributed by atoms with E-state index in [1.54, 1.807) is 16.9 Å². The molecule has 0 aliphatic carbocycles. The maximum atomic E-state index is 12.5. The molecule has 25 heavy (non-hydrogen) atoms. The molecule has 0 N–H and O–H groups in total. The molecule has 0 atom stereocenters. The minimum atomic E-state index is -0.319. The molecule has 0 aliphatic heterocycles. The van der Waals surface area contributed by atoms with Crippen LogP contribution in [0.25, 0.3) is 10.2 Å². The van der Waals surface area contributed by atoms with Gasteiger partial charge in [0.2, 0.25) is 0 Å². The van der Waals surface area contributed by atoms with Crippen LogP contribution in [-0.2, 0) is 13.1 Å². The molecule has 2 heterocycles. The van der Waals surface area contributed by atoms with Gasteiger partial charge in [-0.05, 0) is 36.6 Å². The van der Waals surface area contributed by atoms with Crippen molar-refractivity contribution in [1.29, 1.82) is 0 Å². The summed E-state index contributed by atoms with van der Waals surface area (Å²) in [5, 5.41) is 4.24. The second-order valence-electron chi connectivity index (χ2n) is 6.14. The first-order valence-corrected chi connectivity index (χ1v) is 9.21. The van der Waals surface area contributed by atoms with Gasteiger partial charge in [0.25, 0.3) is 5.91 Å². The van der Waals surface area contributed by atoms with Gasteiger partial charge in [0.1, 0.15) is 0 Å². The molecule has 0 saturated carbocycles. The number of aryl methyl sites for hydroxylation is 1. The number of nitrogens with zero attached hydrogens (tertiary/aromatic N) is 4. The number of benzene rings is 1. The molecule has 0 bridgehead atoms. The summed E-state index contributed by atoms with van der Waals surface area (Å²) < 4.78 is 4.87. The standard InChI is InChI=1S/C19H22N4OS/c1-5-10-23-16-8-7-14(13(3)4)12-17(16)25-19(23)20-18(24)15-9-11-22(6-2)21-15/h5,7-9,11-13H,1,6,10H2,2-4H3. The molecule has 130 valence electrons. The Bertz CT molecular complexity index is 990. The molecule has 0 fully saturated rings. The topological polar surface area (TPSA) is 52.2 Å². The van der Waals surface area contributed by atoms with Crippen LogP contribution in [0, 0.1) is 0 Å². The fourth-order valence-corrected chi connectivity index (χ4v) is 3.72. The quantitative estimate of drug-likeness (QED) is 0.651. The van der Waals surface area contributed by atoms with Crippen LogP contribution < -0.4 is 4.80 Å². The number of thiazole rings is 1. The second kappa shape index (κ2) is 7.19. The largest absolute Gasteiger partial charge is 0.312 e. The Hall–Kier alpha value is -2.47. The molecule has 5 nitrogen and oxygen atoms in total. The van der Waals surface area contributed by atoms with Crippen LogP contribution in [0.15, 0.2) is 48.1 Å². The van der Waals surface area contributed by atoms with E-state index in [0.717, 1.165) is 16.8 Å². The highest BCUT2D eigenvalue weighted by Gasteiger charge is 2.12. The predicted molar refractivity (Wildman–Crippen MR) is 102 cm³/mol. The van der Waals surface area contributed by atoms with Crippen molar-refractivity contribution >= 4 is 27.5 Å². The van der Waals surface area contributed by atoms with Crippen LogP contribution in [0.5, 0.6) is 0 Å². The van der Waals surface area contributed by atoms with Crippen LogP contribution in [0.1, 0.15) is 42.7 Å². The van der Waals surface area contributed by atoms with Gasteiger partial charge in [-0.1, -0.05) is 37.3 Å². The maximum absolute atomic E-state index is 12.5. The lowest BCUT2D eigenvalue weighted by Crippen LogP contribution is -2.16. The number of fused-ring (bicyclic) bond motifs is 1. The van der Waals surface area contributed by atoms with Gasteiger partial charge in [-0.3, -0.25) is 9.48 Å². The van der Waals surface area contributed by atoms with Gasteiger partial charge in [-0.15, -0.1) is 6.58 Å². The highest BCUT2D eigenvalue weighted by atomic mass is 32.1. The Kier molecular flexibility index (Phi) is 4.99. The van der Waals surface area contributed by atoms with Gasteiger partial charge in [-0.2, -0.15) is 10.1 Å². The first-order valence-electron chi connectivity index (χ1n) is 8.40. The molecule has 0 spiro atoms. The predicted octanol–water partition coefficient (Wildman–Crippen LogP) is 3.97. The summed E-state index contributed by atoms with van der Waals surface area (Å²) in [5.74, 6) is 0.139. The number of hydrogen-bond acceptors (Lipinski definition) is 3. The van der Waals surface area contributed by atoms with E-state index in [0.29, 0.717) is 23.0 Å². The molecule has 2 aromatic heterocycles. The summed E-state index contributed by atoms with van der Waals surface area (Å²) in [5.41, 5.74) is 2.71. The number of rotatable bonds is 5. The van der Waals surface area contributed by atoms with Gasteiger partial charge >= 0.3 is 0 Å². The SMILES string of the molecule is C=CCn1c(=NC(=O)c2ccn(CC)n2)sc2cc(C(C)C)ccc21. The number of aromatic nitrogens is 3. The number of allylic oxidation sites excluding steroid dienone is 1. The van der Waals surface area contributed by atoms with Crippen LogP contribution in [-0.4, -0.2) is 20.3 Å². The number of carbonyl (C=O) groups excluding carboxylic acids is 1. The van der Waals surface area contributed by atoms with Crippen molar-refractivity contribution in [2.45, 2.75) is 39.8 Å². The summed E-state index contributed by atoms with van der Waals surface area (Å²) in [6.45, 7) is 11.5. The lowest BCUT2D eigenvalue weighted by Gasteiger charge is -2.05. The minimum absolute atomic E-state index is 0.319. The second-order valence-corrected chi connectivity index (χ2v) is 7.15. The van der Waals surface area contributed by atoms with Gasteiger partial charge in [0.05, 0.1) is 10.2 Å². The van der Waals surface area contributed by atoms with Crippen molar-refractivity contribution in [2.24, 2.45) is 4.99 Å². The van der Waals surface area contributed by atoms with Crippen molar-refractivity contribution in [1.82, 2.24) is 14.3 Å². The van der Waals surface area contributed by atoms with E-state index in [-0.39, 0.29) is 5.91 Å². The van der Waals surface area contributed by atoms with Gasteiger partial charge in [0, 0.05) is 19.3 Å². The molecule has 0 unspecified atom stereocenters. The zero-order valence-electron chi connectivity index (χ0n) is 14.8. The zero-order chi connectivity index (χ0) is 18.0. The molecular formula is C19H22N4OS. The lowest BCUT2D eigenvalue weighted by molar-refractivity contribution is 0.0992. The molecule has 6 heteroatoms. The van der Waals surface area contributed by atoms with E-state index in [1.165, 1.54) is 16.9 Å². The molecule has 0 aliphatic rings. The lowest BCUT2D eigenvalue weighted by atomic mass is 10.0. The molecule has 3 rings (SSSR count). The van der Waals surface area contributed by atoms with Gasteiger partial charge in [-0.25, -0.2) is 0 Å². The van der Waals surface area contributed by atoms with Crippen LogP contribution >= 0.6 is 11.3 Å². The highest BCUT2D eigenvalue weighted by Crippen LogP contribution is 2.23. The van der Waals surface area contributed by atoms with Crippen molar-refractivity contribution in [3.05, 3.63) is 59.2 Å². The highest BCUT2D eigenvalue weighted by molar-refractivity contribution is 7.16. The van der Waals surface area contributed by atoms with E-state index < -0.39 is 0 Å². The molecular weight excluding hydrogens is 332 g/mol. The Morgan fingerprint density at radius 1 is 1.40 bits per heavy atom. The van der Waals surface area contributed by atoms with Crippen LogP contribution in [0.4, 0.5) is 0 Å². The maximum Gasteiger partial charge on any atom is 0.300 e. The molecule has 0 saturated heterocycles. The minimum Gasteiger partial charge on any atom is -0.312 e. The first-order chi connectivity index (χ1) is 12.0. The van der Waals surface area contributed by atoms with Crippen molar-refractivity contribution in [2.75, 3.05) is 0 Å². The Balaban J connectivity index is 2.11. The Morgan fingerprint density at radius 3 is 2.84 bits per heavy atom. The smallest absolute Gasteiger partial charge is 0.300 e. The van der Waals surface area contributed by atoms with Crippen molar-refractivity contribution in [3.8, 4) is 0 Å². The number of hydrogen-bond donors (Lipinski definition) is 0. The Labute approximate surface area is 150 Å². The van der Waals surface area contributed by atoms with E-state index in [2.05, 4.69) is 48.7 Å². The van der Waals surface area contributed by atoms with Gasteiger partial charge in [0.15, 0.2) is 10.5 Å². The van der Waals surface area contributed by atoms with Crippen LogP contribution in [0.3, 0.4) is 0 Å². The fourth-order valence-electron chi connectivity index (χ4n) is 2.64. The number of carbonyl (C=O) groups is 1. The third-order valence-corrected chi connectivity index (χ3v) is 5.11. The van der Waals surface area contributed by atoms with E-state index in [9.17, 15) is 4.79 Å². The first kappa shape index (κ1) is 17.4. The summed E-state index contributed by atoms with van der Waals surface area (Å²) in [6.07, 6.45) is 3.61. The van der Waals surface area contributed by atoms with E-state index in [1.807, 2.05) is 17.6 Å². The van der Waals surface area contributed by atoms with Crippen molar-refractivity contribution < 1.29 is 4.79 Å². The normalized spacial score (nSPS) is 12.2. The average Bonchev–Trinajstić information content (AvgIpc) is 3.20. The fraction of sp³-hybridized carbons (Fsp3) is 0.316. The summed E-state index contributed by atoms with van der Waals surface area (Å²) in [7, 11) is 0.